The van der Waals surface area contributed by atoms with E-state index in [0.29, 0.717) is 44.6 Å². The largest absolute Gasteiger partial charge is 0.504 e. The maximum atomic E-state index is 15.4. The number of hydrogen-bond acceptors (Lipinski definition) is 9. The lowest BCUT2D eigenvalue weighted by molar-refractivity contribution is -0.139. The van der Waals surface area contributed by atoms with E-state index in [1.807, 2.05) is 0 Å². The number of alkyl halides is 3. The van der Waals surface area contributed by atoms with Crippen LogP contribution in [0.25, 0.3) is 0 Å². The van der Waals surface area contributed by atoms with Crippen LogP contribution in [-0.2, 0) is 30.8 Å². The van der Waals surface area contributed by atoms with E-state index < -0.39 is 81.2 Å². The van der Waals surface area contributed by atoms with E-state index in [0.717, 1.165) is 4.90 Å². The monoisotopic (exact) mass is 880 g/mol. The van der Waals surface area contributed by atoms with Crippen LogP contribution in [0.15, 0.2) is 121 Å². The van der Waals surface area contributed by atoms with Gasteiger partial charge in [0.25, 0.3) is 11.8 Å². The fourth-order valence-electron chi connectivity index (χ4n) is 9.84. The van der Waals surface area contributed by atoms with Gasteiger partial charge in [-0.05, 0) is 72.9 Å². The molecule has 2 N–H and O–H groups in total. The number of ether oxygens (including phenoxy) is 1. The smallest absolute Gasteiger partial charge is 0.417 e. The van der Waals surface area contributed by atoms with Gasteiger partial charge in [0, 0.05) is 33.8 Å². The number of carbonyl (C=O) groups excluding carboxylic acids is 5. The molecule has 4 aromatic carbocycles. The number of fused-ring (bicyclic) bond motifs is 4. The van der Waals surface area contributed by atoms with Gasteiger partial charge >= 0.3 is 6.18 Å². The highest BCUT2D eigenvalue weighted by molar-refractivity contribution is 6.33. The van der Waals surface area contributed by atoms with Crippen molar-refractivity contribution in [1.29, 1.82) is 0 Å². The summed E-state index contributed by atoms with van der Waals surface area (Å²) in [4.78, 5) is 77.6. The Morgan fingerprint density at radius 1 is 0.871 bits per heavy atom. The molecule has 2 aliphatic heterocycles. The average molecular weight is 882 g/mol. The minimum absolute atomic E-state index is 0.0571. The summed E-state index contributed by atoms with van der Waals surface area (Å²) in [5.41, 5.74) is 1.64. The SMILES string of the molecule is COc1cccc(C2C3=CCC4C(=O)N(c5ccc(C(=O)c6ccccc6)cc5)C(=O)C4C3CC3C(=O)N(Nc4ncc(C(F)(F)F)cc4Cl)C(=O)C32c2ccc(Cl)cc2)c1O. The number of imide groups is 2. The van der Waals surface area contributed by atoms with Gasteiger partial charge in [0.1, 0.15) is 0 Å². The number of methoxy groups -OCH3 is 1. The zero-order valence-corrected chi connectivity index (χ0v) is 33.9. The van der Waals surface area contributed by atoms with Crippen molar-refractivity contribution in [2.24, 2.45) is 23.7 Å². The van der Waals surface area contributed by atoms with Crippen molar-refractivity contribution in [3.05, 3.63) is 159 Å². The van der Waals surface area contributed by atoms with Crippen LogP contribution >= 0.6 is 23.2 Å². The van der Waals surface area contributed by atoms with Crippen LogP contribution in [0.4, 0.5) is 24.7 Å². The summed E-state index contributed by atoms with van der Waals surface area (Å²) >= 11 is 12.6. The van der Waals surface area contributed by atoms with Gasteiger partial charge in [-0.3, -0.25) is 34.3 Å². The number of amides is 4. The maximum absolute atomic E-state index is 15.4. The molecular weight excluding hydrogens is 848 g/mol. The Balaban J connectivity index is 1.17. The first-order chi connectivity index (χ1) is 29.7. The number of rotatable bonds is 8. The molecule has 6 unspecified atom stereocenters. The fourth-order valence-corrected chi connectivity index (χ4v) is 10.2. The Bertz CT molecular complexity index is 2730. The van der Waals surface area contributed by atoms with E-state index in [1.54, 1.807) is 84.9 Å². The van der Waals surface area contributed by atoms with Crippen LogP contribution in [0.3, 0.4) is 0 Å². The minimum atomic E-state index is -4.78. The van der Waals surface area contributed by atoms with E-state index in [1.165, 1.54) is 25.3 Å². The molecule has 62 heavy (non-hydrogen) atoms. The van der Waals surface area contributed by atoms with Gasteiger partial charge in [0.2, 0.25) is 11.8 Å². The third-order valence-electron chi connectivity index (χ3n) is 12.5. The summed E-state index contributed by atoms with van der Waals surface area (Å²) in [6, 6.07) is 26.4. The number of carbonyl (C=O) groups is 5. The predicted molar refractivity (Wildman–Crippen MR) is 220 cm³/mol. The van der Waals surface area contributed by atoms with Gasteiger partial charge < -0.3 is 9.84 Å². The van der Waals surface area contributed by atoms with E-state index in [2.05, 4.69) is 10.4 Å². The molecule has 3 heterocycles. The third-order valence-corrected chi connectivity index (χ3v) is 13.1. The first kappa shape index (κ1) is 40.9. The molecule has 0 radical (unpaired) electrons. The number of allylic oxidation sites excluding steroid dienone is 2. The third kappa shape index (κ3) is 6.26. The van der Waals surface area contributed by atoms with Crippen molar-refractivity contribution >= 4 is 64.1 Å². The molecule has 2 saturated heterocycles. The number of nitrogens with zero attached hydrogens (tertiary/aromatic N) is 3. The summed E-state index contributed by atoms with van der Waals surface area (Å²) in [5, 5.41) is 12.3. The molecule has 4 aliphatic rings. The molecule has 314 valence electrons. The Labute approximate surface area is 361 Å². The second kappa shape index (κ2) is 15.1. The highest BCUT2D eigenvalue weighted by Crippen LogP contribution is 2.65. The number of ketones is 1. The predicted octanol–water partition coefficient (Wildman–Crippen LogP) is 8.54. The molecule has 5 aromatic rings. The number of para-hydroxylation sites is 1. The lowest BCUT2D eigenvalue weighted by atomic mass is 9.49. The highest BCUT2D eigenvalue weighted by atomic mass is 35.5. The van der Waals surface area contributed by atoms with E-state index in [4.69, 9.17) is 27.9 Å². The lowest BCUT2D eigenvalue weighted by Crippen LogP contribution is -2.53. The molecule has 2 aliphatic carbocycles. The van der Waals surface area contributed by atoms with Crippen molar-refractivity contribution in [2.75, 3.05) is 17.4 Å². The molecular formula is C46H33Cl2F3N4O7. The molecule has 3 fully saturated rings. The molecule has 0 bridgehead atoms. The second-order valence-electron chi connectivity index (χ2n) is 15.6. The van der Waals surface area contributed by atoms with E-state index >= 15 is 4.79 Å². The van der Waals surface area contributed by atoms with Crippen molar-refractivity contribution < 1.29 is 47.0 Å². The van der Waals surface area contributed by atoms with Crippen molar-refractivity contribution in [3.8, 4) is 11.5 Å². The first-order valence-electron chi connectivity index (χ1n) is 19.4. The number of aromatic nitrogens is 1. The quantitative estimate of drug-likeness (QED) is 0.0890. The number of pyridine rings is 1. The number of phenols is 1. The fraction of sp³-hybridized carbons (Fsp3) is 0.217. The lowest BCUT2D eigenvalue weighted by Gasteiger charge is -2.50. The summed E-state index contributed by atoms with van der Waals surface area (Å²) in [5.74, 6) is -8.80. The first-order valence-corrected chi connectivity index (χ1v) is 20.2. The van der Waals surface area contributed by atoms with Crippen LogP contribution in [0, 0.1) is 23.7 Å². The Morgan fingerprint density at radius 2 is 1.56 bits per heavy atom. The number of halogens is 5. The van der Waals surface area contributed by atoms with E-state index in [-0.39, 0.29) is 41.4 Å². The Kier molecular flexibility index (Phi) is 9.98. The normalized spacial score (nSPS) is 24.4. The van der Waals surface area contributed by atoms with Crippen molar-refractivity contribution in [2.45, 2.75) is 30.4 Å². The van der Waals surface area contributed by atoms with Gasteiger partial charge in [-0.1, -0.05) is 89.4 Å². The molecule has 1 saturated carbocycles. The Morgan fingerprint density at radius 3 is 2.23 bits per heavy atom. The topological polar surface area (TPSA) is 146 Å². The number of hydrogen-bond donors (Lipinski definition) is 2. The molecule has 6 atom stereocenters. The zero-order chi connectivity index (χ0) is 43.8. The standard InChI is InChI=1S/C46H33Cl2F3N4O7/c1-62-35-9-5-8-31(39(35)57)37-29-18-19-30-36(43(60)54(41(30)58)28-16-10-24(11-17-28)38(56)23-6-3-2-4-7-23)32(29)21-33-42(59)55(44(61)45(33,37)25-12-14-27(47)15-13-25)53-40-34(48)20-26(22-52-40)46(49,50)51/h2-18,20,22,30,32-33,36-37,57H,19,21H2,1H3,(H,52,53). The summed E-state index contributed by atoms with van der Waals surface area (Å²) < 4.78 is 46.2. The van der Waals surface area contributed by atoms with Crippen LogP contribution in [0.2, 0.25) is 10.0 Å². The maximum Gasteiger partial charge on any atom is 0.417 e. The molecule has 1 aromatic heterocycles. The molecule has 16 heteroatoms. The number of anilines is 2. The summed E-state index contributed by atoms with van der Waals surface area (Å²) in [6.45, 7) is 0. The molecule has 11 nitrogen and oxygen atoms in total. The number of phenolic OH excluding ortho intramolecular Hbond substituents is 1. The van der Waals surface area contributed by atoms with Crippen LogP contribution in [-0.4, -0.2) is 51.6 Å². The van der Waals surface area contributed by atoms with Crippen molar-refractivity contribution in [3.63, 3.8) is 0 Å². The minimum Gasteiger partial charge on any atom is -0.504 e. The van der Waals surface area contributed by atoms with Crippen LogP contribution in [0.5, 0.6) is 11.5 Å². The van der Waals surface area contributed by atoms with Crippen LogP contribution in [0.1, 0.15) is 51.4 Å². The van der Waals surface area contributed by atoms with Crippen molar-refractivity contribution in [1.82, 2.24) is 9.99 Å². The molecule has 9 rings (SSSR count). The summed E-state index contributed by atoms with van der Waals surface area (Å²) in [6.07, 6.45) is -2.54. The average Bonchev–Trinajstić information content (AvgIpc) is 3.65. The van der Waals surface area contributed by atoms with Gasteiger partial charge in [-0.15, -0.1) is 0 Å². The molecule has 4 amide bonds. The number of nitrogens with one attached hydrogen (secondary N) is 1. The highest BCUT2D eigenvalue weighted by Gasteiger charge is 2.71. The second-order valence-corrected chi connectivity index (χ2v) is 16.4. The summed E-state index contributed by atoms with van der Waals surface area (Å²) in [7, 11) is 1.35. The van der Waals surface area contributed by atoms with Gasteiger partial charge in [-0.25, -0.2) is 4.98 Å². The van der Waals surface area contributed by atoms with Crippen LogP contribution < -0.4 is 15.1 Å². The van der Waals surface area contributed by atoms with Gasteiger partial charge in [0.05, 0.1) is 46.6 Å². The van der Waals surface area contributed by atoms with E-state index in [9.17, 15) is 37.5 Å². The number of hydrazine groups is 1. The molecule has 0 spiro atoms. The zero-order valence-electron chi connectivity index (χ0n) is 32.4. The number of aromatic hydroxyl groups is 1. The van der Waals surface area contributed by atoms with Gasteiger partial charge in [0.15, 0.2) is 23.1 Å². The van der Waals surface area contributed by atoms with Gasteiger partial charge in [-0.2, -0.15) is 18.2 Å². The Hall–Kier alpha value is -6.51. The number of benzene rings is 4.